The Bertz CT molecular complexity index is 1170. The Balaban J connectivity index is 1.60. The van der Waals surface area contributed by atoms with E-state index in [1.165, 1.54) is 6.42 Å². The van der Waals surface area contributed by atoms with Crippen molar-refractivity contribution in [3.05, 3.63) is 39.1 Å². The van der Waals surface area contributed by atoms with Gasteiger partial charge in [-0.2, -0.15) is 0 Å². The number of anilines is 1. The molecular weight excluding hydrogens is 448 g/mol. The summed E-state index contributed by atoms with van der Waals surface area (Å²) >= 11 is 0. The molecule has 1 N–H and O–H groups in total. The molecule has 35 heavy (non-hydrogen) atoms. The maximum Gasteiger partial charge on any atom is 0.291 e. The first-order valence-electron chi connectivity index (χ1n) is 12.5. The van der Waals surface area contributed by atoms with Gasteiger partial charge in [-0.3, -0.25) is 14.3 Å². The van der Waals surface area contributed by atoms with Crippen LogP contribution in [0.15, 0.2) is 15.4 Å². The van der Waals surface area contributed by atoms with Gasteiger partial charge in [-0.05, 0) is 38.2 Å². The van der Waals surface area contributed by atoms with Crippen molar-refractivity contribution in [2.45, 2.75) is 91.4 Å². The lowest BCUT2D eigenvalue weighted by Gasteiger charge is -2.36. The highest BCUT2D eigenvalue weighted by Gasteiger charge is 2.36. The Hall–Kier alpha value is -2.81. The molecule has 9 nitrogen and oxygen atoms in total. The Kier molecular flexibility index (Phi) is 6.99. The molecule has 4 rings (SSSR count). The van der Waals surface area contributed by atoms with Crippen LogP contribution in [0.2, 0.25) is 0 Å². The summed E-state index contributed by atoms with van der Waals surface area (Å²) in [7, 11) is 3.53. The molecule has 1 aliphatic heterocycles. The van der Waals surface area contributed by atoms with Gasteiger partial charge in [0.25, 0.3) is 11.5 Å². The van der Waals surface area contributed by atoms with Crippen LogP contribution in [0.4, 0.5) is 5.69 Å². The van der Waals surface area contributed by atoms with Gasteiger partial charge in [0.2, 0.25) is 5.76 Å². The van der Waals surface area contributed by atoms with E-state index >= 15 is 0 Å². The monoisotopic (exact) mass is 486 g/mol. The smallest absolute Gasteiger partial charge is 0.291 e. The van der Waals surface area contributed by atoms with Crippen LogP contribution in [-0.4, -0.2) is 39.7 Å². The van der Waals surface area contributed by atoms with Gasteiger partial charge < -0.3 is 19.3 Å². The van der Waals surface area contributed by atoms with Crippen molar-refractivity contribution < 1.29 is 18.8 Å². The van der Waals surface area contributed by atoms with Gasteiger partial charge in [0.1, 0.15) is 11.8 Å². The minimum Gasteiger partial charge on any atom is -0.486 e. The standard InChI is InChI=1S/C26H38N4O5/c1-15-21(28-35-23(15)19-13-18(33-7)14-20(34-19)26(3,4)5)24(31)27-22-16(2)29(6)30(25(22)32)17-11-9-8-10-12-17/h13,17-18,20H,8-12,14H2,1-7H3,(H,27,31)/t18-,20+/m0/s1. The molecule has 0 saturated heterocycles. The van der Waals surface area contributed by atoms with Gasteiger partial charge in [0.15, 0.2) is 11.5 Å². The molecule has 2 aliphatic rings. The molecular formula is C26H38N4O5. The van der Waals surface area contributed by atoms with Crippen LogP contribution in [0.3, 0.4) is 0 Å². The maximum atomic E-state index is 13.3. The zero-order chi connectivity index (χ0) is 25.5. The van der Waals surface area contributed by atoms with Crippen molar-refractivity contribution >= 4 is 17.4 Å². The summed E-state index contributed by atoms with van der Waals surface area (Å²) in [6.07, 6.45) is 7.76. The topological polar surface area (TPSA) is 101 Å². The fourth-order valence-electron chi connectivity index (χ4n) is 5.07. The summed E-state index contributed by atoms with van der Waals surface area (Å²) in [5.41, 5.74) is 1.40. The van der Waals surface area contributed by atoms with Gasteiger partial charge in [0, 0.05) is 26.1 Å². The highest BCUT2D eigenvalue weighted by Crippen LogP contribution is 2.37. The number of carbonyl (C=O) groups is 1. The van der Waals surface area contributed by atoms with Crippen molar-refractivity contribution in [3.8, 4) is 0 Å². The average Bonchev–Trinajstić information content (AvgIpc) is 3.31. The van der Waals surface area contributed by atoms with Crippen LogP contribution < -0.4 is 10.9 Å². The summed E-state index contributed by atoms with van der Waals surface area (Å²) in [5.74, 6) is 0.435. The molecule has 1 aliphatic carbocycles. The number of amides is 1. The molecule has 0 spiro atoms. The lowest BCUT2D eigenvalue weighted by Crippen LogP contribution is -2.35. The Labute approximate surface area is 206 Å². The highest BCUT2D eigenvalue weighted by atomic mass is 16.5. The Morgan fingerprint density at radius 3 is 2.51 bits per heavy atom. The number of hydrogen-bond acceptors (Lipinski definition) is 6. The predicted octanol–water partition coefficient (Wildman–Crippen LogP) is 4.74. The van der Waals surface area contributed by atoms with E-state index < -0.39 is 5.91 Å². The van der Waals surface area contributed by atoms with E-state index in [9.17, 15) is 9.59 Å². The average molecular weight is 487 g/mol. The quantitative estimate of drug-likeness (QED) is 0.655. The molecule has 1 saturated carbocycles. The predicted molar refractivity (Wildman–Crippen MR) is 133 cm³/mol. The second kappa shape index (κ2) is 9.68. The lowest BCUT2D eigenvalue weighted by atomic mass is 9.84. The van der Waals surface area contributed by atoms with E-state index in [4.69, 9.17) is 14.0 Å². The van der Waals surface area contributed by atoms with Crippen LogP contribution in [0.25, 0.3) is 5.76 Å². The fourth-order valence-corrected chi connectivity index (χ4v) is 5.07. The van der Waals surface area contributed by atoms with E-state index in [-0.39, 0.29) is 40.6 Å². The van der Waals surface area contributed by atoms with Gasteiger partial charge in [-0.25, -0.2) is 4.68 Å². The molecule has 0 bridgehead atoms. The van der Waals surface area contributed by atoms with Crippen molar-refractivity contribution in [1.29, 1.82) is 0 Å². The van der Waals surface area contributed by atoms with E-state index in [1.807, 2.05) is 24.7 Å². The third-order valence-electron chi connectivity index (χ3n) is 7.44. The summed E-state index contributed by atoms with van der Waals surface area (Å²) in [4.78, 5) is 26.5. The van der Waals surface area contributed by atoms with Gasteiger partial charge in [-0.1, -0.05) is 45.2 Å². The van der Waals surface area contributed by atoms with Crippen LogP contribution in [-0.2, 0) is 16.5 Å². The van der Waals surface area contributed by atoms with Gasteiger partial charge in [0.05, 0.1) is 17.8 Å². The molecule has 2 aromatic rings. The zero-order valence-electron chi connectivity index (χ0n) is 21.9. The number of methoxy groups -OCH3 is 1. The molecule has 2 atom stereocenters. The van der Waals surface area contributed by atoms with Crippen LogP contribution in [0.1, 0.15) is 92.8 Å². The number of carbonyl (C=O) groups excluding carboxylic acids is 1. The lowest BCUT2D eigenvalue weighted by molar-refractivity contribution is -0.00484. The fraction of sp³-hybridized carbons (Fsp3) is 0.654. The molecule has 1 fully saturated rings. The molecule has 9 heteroatoms. The van der Waals surface area contributed by atoms with Crippen molar-refractivity contribution in [2.24, 2.45) is 12.5 Å². The molecule has 0 radical (unpaired) electrons. The van der Waals surface area contributed by atoms with Crippen molar-refractivity contribution in [2.75, 3.05) is 12.4 Å². The molecule has 0 unspecified atom stereocenters. The summed E-state index contributed by atoms with van der Waals surface area (Å²) in [6, 6.07) is 0.158. The summed E-state index contributed by atoms with van der Waals surface area (Å²) < 4.78 is 21.1. The third-order valence-corrected chi connectivity index (χ3v) is 7.44. The van der Waals surface area contributed by atoms with E-state index in [2.05, 4.69) is 31.2 Å². The molecule has 0 aromatic carbocycles. The van der Waals surface area contributed by atoms with Crippen LogP contribution >= 0.6 is 0 Å². The SMILES string of the molecule is CO[C@H]1C=C(c2onc(C(=O)Nc3c(C)n(C)n(C4CCCCC4)c3=O)c2C)O[C@@H](C(C)(C)C)C1. The summed E-state index contributed by atoms with van der Waals surface area (Å²) in [6.45, 7) is 9.95. The Morgan fingerprint density at radius 2 is 1.89 bits per heavy atom. The number of nitrogens with one attached hydrogen (secondary N) is 1. The van der Waals surface area contributed by atoms with Crippen LogP contribution in [0, 0.1) is 19.3 Å². The summed E-state index contributed by atoms with van der Waals surface area (Å²) in [5, 5.41) is 6.84. The van der Waals surface area contributed by atoms with Gasteiger partial charge in [-0.15, -0.1) is 0 Å². The van der Waals surface area contributed by atoms with Crippen molar-refractivity contribution in [1.82, 2.24) is 14.5 Å². The first kappa shape index (κ1) is 25.3. The first-order chi connectivity index (χ1) is 16.5. The normalized spacial score (nSPS) is 21.5. The second-order valence-corrected chi connectivity index (χ2v) is 10.9. The number of hydrogen-bond donors (Lipinski definition) is 1. The molecule has 1 amide bonds. The van der Waals surface area contributed by atoms with Gasteiger partial charge >= 0.3 is 0 Å². The number of ether oxygens (including phenoxy) is 2. The molecule has 192 valence electrons. The molecule has 2 aromatic heterocycles. The highest BCUT2D eigenvalue weighted by molar-refractivity contribution is 6.04. The third kappa shape index (κ3) is 4.83. The largest absolute Gasteiger partial charge is 0.486 e. The van der Waals surface area contributed by atoms with E-state index in [0.29, 0.717) is 22.8 Å². The first-order valence-corrected chi connectivity index (χ1v) is 12.5. The Morgan fingerprint density at radius 1 is 1.20 bits per heavy atom. The maximum absolute atomic E-state index is 13.3. The van der Waals surface area contributed by atoms with E-state index in [0.717, 1.165) is 32.1 Å². The zero-order valence-corrected chi connectivity index (χ0v) is 21.9. The number of nitrogens with zero attached hydrogens (tertiary/aromatic N) is 3. The molecule has 3 heterocycles. The van der Waals surface area contributed by atoms with E-state index in [1.54, 1.807) is 18.7 Å². The minimum absolute atomic E-state index is 0.0838. The number of rotatable bonds is 5. The minimum atomic E-state index is -0.480. The van der Waals surface area contributed by atoms with Crippen LogP contribution in [0.5, 0.6) is 0 Å². The van der Waals surface area contributed by atoms with Crippen molar-refractivity contribution in [3.63, 3.8) is 0 Å². The second-order valence-electron chi connectivity index (χ2n) is 10.9. The number of aromatic nitrogens is 3.